The third-order valence-electron chi connectivity index (χ3n) is 5.90. The number of piperidine rings is 1. The van der Waals surface area contributed by atoms with Crippen molar-refractivity contribution in [3.8, 4) is 0 Å². The molecule has 1 fully saturated rings. The van der Waals surface area contributed by atoms with Gasteiger partial charge in [-0.15, -0.1) is 0 Å². The van der Waals surface area contributed by atoms with Gasteiger partial charge in [0, 0.05) is 49.9 Å². The molecule has 0 aromatic heterocycles. The highest BCUT2D eigenvalue weighted by molar-refractivity contribution is 7.89. The Bertz CT molecular complexity index is 1040. The minimum absolute atomic E-state index is 0.133. The third-order valence-corrected chi connectivity index (χ3v) is 8.22. The van der Waals surface area contributed by atoms with E-state index in [9.17, 15) is 13.2 Å². The van der Waals surface area contributed by atoms with Gasteiger partial charge in [-0.3, -0.25) is 9.69 Å². The van der Waals surface area contributed by atoms with E-state index in [4.69, 9.17) is 11.6 Å². The molecule has 1 heterocycles. The van der Waals surface area contributed by atoms with E-state index in [-0.39, 0.29) is 16.8 Å². The molecule has 1 aliphatic heterocycles. The molecule has 1 N–H and O–H groups in total. The zero-order chi connectivity index (χ0) is 23.8. The first-order chi connectivity index (χ1) is 15.8. The van der Waals surface area contributed by atoms with Crippen molar-refractivity contribution < 1.29 is 13.2 Å². The molecule has 2 aromatic rings. The number of likely N-dealkylation sites (tertiary alicyclic amines) is 1. The molecular weight excluding hydrogens is 458 g/mol. The molecule has 1 saturated heterocycles. The first-order valence-corrected chi connectivity index (χ1v) is 13.2. The van der Waals surface area contributed by atoms with Crippen LogP contribution in [0.5, 0.6) is 0 Å². The summed E-state index contributed by atoms with van der Waals surface area (Å²) in [5.74, 6) is -0.133. The lowest BCUT2D eigenvalue weighted by Crippen LogP contribution is -2.43. The molecule has 3 rings (SSSR count). The molecule has 0 spiro atoms. The van der Waals surface area contributed by atoms with E-state index in [2.05, 4.69) is 10.2 Å². The number of nitrogens with one attached hydrogen (secondary N) is 1. The van der Waals surface area contributed by atoms with Crippen LogP contribution in [0.2, 0.25) is 5.02 Å². The highest BCUT2D eigenvalue weighted by Crippen LogP contribution is 2.18. The van der Waals surface area contributed by atoms with Crippen LogP contribution in [0.1, 0.15) is 37.8 Å². The summed E-state index contributed by atoms with van der Waals surface area (Å²) >= 11 is 5.95. The lowest BCUT2D eigenvalue weighted by atomic mass is 10.0. The van der Waals surface area contributed by atoms with Gasteiger partial charge >= 0.3 is 0 Å². The number of amides is 1. The standard InChI is InChI=1S/C25H32ClN3O3S/c1-3-29(4-2)33(31,32)24-12-7-20(8-13-24)9-14-25(30)27-23-15-17-28(18-16-23)19-21-5-10-22(26)11-6-21/h5-14,23H,3-4,15-19H2,1-2H3,(H,27,30)/b14-9+. The minimum Gasteiger partial charge on any atom is -0.350 e. The van der Waals surface area contributed by atoms with Crippen LogP contribution < -0.4 is 5.32 Å². The van der Waals surface area contributed by atoms with E-state index in [1.54, 1.807) is 30.3 Å². The van der Waals surface area contributed by atoms with Crippen molar-refractivity contribution in [1.29, 1.82) is 0 Å². The van der Waals surface area contributed by atoms with Crippen LogP contribution in [-0.4, -0.2) is 55.8 Å². The van der Waals surface area contributed by atoms with Crippen LogP contribution in [0.3, 0.4) is 0 Å². The highest BCUT2D eigenvalue weighted by atomic mass is 35.5. The second-order valence-electron chi connectivity index (χ2n) is 8.18. The molecule has 1 amide bonds. The normalized spacial score (nSPS) is 15.9. The van der Waals surface area contributed by atoms with Gasteiger partial charge in [0.15, 0.2) is 0 Å². The summed E-state index contributed by atoms with van der Waals surface area (Å²) in [6.07, 6.45) is 5.03. The molecule has 0 aliphatic carbocycles. The van der Waals surface area contributed by atoms with E-state index in [0.29, 0.717) is 13.1 Å². The van der Waals surface area contributed by atoms with E-state index in [1.165, 1.54) is 15.9 Å². The summed E-state index contributed by atoms with van der Waals surface area (Å²) in [7, 11) is -3.47. The largest absolute Gasteiger partial charge is 0.350 e. The van der Waals surface area contributed by atoms with E-state index >= 15 is 0 Å². The monoisotopic (exact) mass is 489 g/mol. The van der Waals surface area contributed by atoms with Gasteiger partial charge in [0.1, 0.15) is 0 Å². The van der Waals surface area contributed by atoms with Crippen molar-refractivity contribution in [2.45, 2.75) is 44.2 Å². The van der Waals surface area contributed by atoms with E-state index in [1.807, 2.05) is 38.1 Å². The predicted octanol–water partition coefficient (Wildman–Crippen LogP) is 4.16. The van der Waals surface area contributed by atoms with Crippen molar-refractivity contribution in [3.05, 3.63) is 70.8 Å². The van der Waals surface area contributed by atoms with Gasteiger partial charge in [0.2, 0.25) is 15.9 Å². The van der Waals surface area contributed by atoms with E-state index < -0.39 is 10.0 Å². The molecule has 33 heavy (non-hydrogen) atoms. The van der Waals surface area contributed by atoms with Crippen LogP contribution >= 0.6 is 11.6 Å². The first kappa shape index (κ1) is 25.4. The number of hydrogen-bond acceptors (Lipinski definition) is 4. The lowest BCUT2D eigenvalue weighted by molar-refractivity contribution is -0.117. The Morgan fingerprint density at radius 3 is 2.24 bits per heavy atom. The Morgan fingerprint density at radius 1 is 1.06 bits per heavy atom. The van der Waals surface area contributed by atoms with Crippen molar-refractivity contribution in [3.63, 3.8) is 0 Å². The van der Waals surface area contributed by atoms with Crippen molar-refractivity contribution in [2.75, 3.05) is 26.2 Å². The topological polar surface area (TPSA) is 69.7 Å². The van der Waals surface area contributed by atoms with E-state index in [0.717, 1.165) is 43.1 Å². The van der Waals surface area contributed by atoms with Gasteiger partial charge < -0.3 is 5.32 Å². The molecule has 0 atom stereocenters. The molecule has 1 aliphatic rings. The molecule has 0 saturated carbocycles. The summed E-state index contributed by atoms with van der Waals surface area (Å²) < 4.78 is 26.6. The maximum absolute atomic E-state index is 12.6. The molecule has 178 valence electrons. The van der Waals surface area contributed by atoms with Gasteiger partial charge in [0.05, 0.1) is 4.90 Å². The molecule has 0 radical (unpaired) electrons. The average molecular weight is 490 g/mol. The maximum atomic E-state index is 12.6. The molecule has 6 nitrogen and oxygen atoms in total. The zero-order valence-electron chi connectivity index (χ0n) is 19.2. The summed E-state index contributed by atoms with van der Waals surface area (Å²) in [4.78, 5) is 15.0. The third kappa shape index (κ3) is 7.14. The predicted molar refractivity (Wildman–Crippen MR) is 133 cm³/mol. The fourth-order valence-corrected chi connectivity index (χ4v) is 5.55. The number of carbonyl (C=O) groups excluding carboxylic acids is 1. The number of sulfonamides is 1. The number of rotatable bonds is 9. The molecule has 2 aromatic carbocycles. The summed E-state index contributed by atoms with van der Waals surface area (Å²) in [6, 6.07) is 14.7. The van der Waals surface area contributed by atoms with Crippen LogP contribution in [0.15, 0.2) is 59.5 Å². The van der Waals surface area contributed by atoms with Gasteiger partial charge in [-0.1, -0.05) is 49.7 Å². The number of halogens is 1. The minimum atomic E-state index is -3.47. The Morgan fingerprint density at radius 2 is 1.67 bits per heavy atom. The van der Waals surface area contributed by atoms with Crippen LogP contribution in [0.25, 0.3) is 6.08 Å². The second-order valence-corrected chi connectivity index (χ2v) is 10.6. The Labute approximate surface area is 202 Å². The van der Waals surface area contributed by atoms with Crippen LogP contribution in [0, 0.1) is 0 Å². The van der Waals surface area contributed by atoms with Gasteiger partial charge in [-0.2, -0.15) is 4.31 Å². The summed E-state index contributed by atoms with van der Waals surface area (Å²) in [6.45, 7) is 7.25. The Kier molecular flexibility index (Phi) is 9.09. The second kappa shape index (κ2) is 11.8. The SMILES string of the molecule is CCN(CC)S(=O)(=O)c1ccc(/C=C/C(=O)NC2CCN(Cc3ccc(Cl)cc3)CC2)cc1. The lowest BCUT2D eigenvalue weighted by Gasteiger charge is -2.32. The van der Waals surface area contributed by atoms with Crippen molar-refractivity contribution in [1.82, 2.24) is 14.5 Å². The number of carbonyl (C=O) groups is 1. The van der Waals surface area contributed by atoms with Gasteiger partial charge in [-0.05, 0) is 54.3 Å². The molecule has 0 unspecified atom stereocenters. The molecule has 8 heteroatoms. The summed E-state index contributed by atoms with van der Waals surface area (Å²) in [5.41, 5.74) is 2.02. The zero-order valence-corrected chi connectivity index (χ0v) is 20.8. The highest BCUT2D eigenvalue weighted by Gasteiger charge is 2.21. The number of hydrogen-bond donors (Lipinski definition) is 1. The quantitative estimate of drug-likeness (QED) is 0.537. The Balaban J connectivity index is 1.47. The smallest absolute Gasteiger partial charge is 0.244 e. The maximum Gasteiger partial charge on any atom is 0.244 e. The number of nitrogens with zero attached hydrogens (tertiary/aromatic N) is 2. The molecule has 0 bridgehead atoms. The fourth-order valence-electron chi connectivity index (χ4n) is 3.97. The Hall–Kier alpha value is -2.19. The van der Waals surface area contributed by atoms with Crippen LogP contribution in [0.4, 0.5) is 0 Å². The van der Waals surface area contributed by atoms with Crippen molar-refractivity contribution >= 4 is 33.6 Å². The molecular formula is C25H32ClN3O3S. The average Bonchev–Trinajstić information content (AvgIpc) is 2.81. The first-order valence-electron chi connectivity index (χ1n) is 11.4. The van der Waals surface area contributed by atoms with Gasteiger partial charge in [-0.25, -0.2) is 8.42 Å². The summed E-state index contributed by atoms with van der Waals surface area (Å²) in [5, 5.41) is 3.82. The fraction of sp³-hybridized carbons (Fsp3) is 0.400. The number of benzene rings is 2. The van der Waals surface area contributed by atoms with Gasteiger partial charge in [0.25, 0.3) is 0 Å². The van der Waals surface area contributed by atoms with Crippen LogP contribution in [-0.2, 0) is 21.4 Å². The van der Waals surface area contributed by atoms with Crippen molar-refractivity contribution in [2.24, 2.45) is 0 Å².